The summed E-state index contributed by atoms with van der Waals surface area (Å²) in [6.45, 7) is 2.82. The van der Waals surface area contributed by atoms with Gasteiger partial charge in [0.15, 0.2) is 5.16 Å². The minimum atomic E-state index is 0.0746. The number of para-hydroxylation sites is 2. The van der Waals surface area contributed by atoms with Crippen LogP contribution in [0.3, 0.4) is 0 Å². The molecule has 6 rings (SSSR count). The summed E-state index contributed by atoms with van der Waals surface area (Å²) in [6.07, 6.45) is 1.23. The van der Waals surface area contributed by atoms with Crippen LogP contribution in [0.4, 0.5) is 0 Å². The van der Waals surface area contributed by atoms with Crippen molar-refractivity contribution in [1.82, 2.24) is 19.9 Å². The minimum absolute atomic E-state index is 0.0746. The molecule has 0 bridgehead atoms. The van der Waals surface area contributed by atoms with Crippen LogP contribution in [0.15, 0.2) is 59.8 Å². The fourth-order valence-corrected chi connectivity index (χ4v) is 6.69. The Morgan fingerprint density at radius 3 is 2.81 bits per heavy atom. The molecule has 2 aromatic heterocycles. The van der Waals surface area contributed by atoms with E-state index >= 15 is 0 Å². The predicted molar refractivity (Wildman–Crippen MR) is 126 cm³/mol. The summed E-state index contributed by atoms with van der Waals surface area (Å²) in [4.78, 5) is 29.4. The molecule has 2 aromatic carbocycles. The van der Waals surface area contributed by atoms with Gasteiger partial charge in [0.1, 0.15) is 5.69 Å². The number of imidazole rings is 1. The van der Waals surface area contributed by atoms with Gasteiger partial charge in [-0.2, -0.15) is 0 Å². The Balaban J connectivity index is 1.24. The topological polar surface area (TPSA) is 61.9 Å². The van der Waals surface area contributed by atoms with Crippen LogP contribution < -0.4 is 0 Å². The number of H-pyrrole nitrogens is 1. The Kier molecular flexibility index (Phi) is 4.61. The largest absolute Gasteiger partial charge is 0.333 e. The number of piperidine rings is 1. The molecule has 156 valence electrons. The van der Waals surface area contributed by atoms with Crippen molar-refractivity contribution in [3.63, 3.8) is 0 Å². The Labute approximate surface area is 188 Å². The number of hydrogen-bond donors (Lipinski definition) is 1. The summed E-state index contributed by atoms with van der Waals surface area (Å²) >= 11 is 3.32. The van der Waals surface area contributed by atoms with Crippen LogP contribution in [-0.2, 0) is 0 Å². The van der Waals surface area contributed by atoms with Gasteiger partial charge in [-0.25, -0.2) is 9.97 Å². The van der Waals surface area contributed by atoms with Gasteiger partial charge < -0.3 is 9.88 Å². The molecule has 1 N–H and O–H groups in total. The number of thioether (sulfide) groups is 1. The average Bonchev–Trinajstić information content (AvgIpc) is 3.12. The quantitative estimate of drug-likeness (QED) is 0.426. The first kappa shape index (κ1) is 19.1. The number of rotatable bonds is 5. The van der Waals surface area contributed by atoms with Crippen LogP contribution in [0.5, 0.6) is 0 Å². The number of aromatic nitrogens is 3. The van der Waals surface area contributed by atoms with E-state index in [1.54, 1.807) is 23.1 Å². The van der Waals surface area contributed by atoms with Gasteiger partial charge in [-0.3, -0.25) is 4.79 Å². The second-order valence-corrected chi connectivity index (χ2v) is 10.5. The summed E-state index contributed by atoms with van der Waals surface area (Å²) in [7, 11) is 0. The summed E-state index contributed by atoms with van der Waals surface area (Å²) in [5.41, 5.74) is 3.71. The number of nitrogens with zero attached hydrogens (tertiary/aromatic N) is 3. The molecule has 1 aliphatic carbocycles. The average molecular weight is 447 g/mol. The number of likely N-dealkylation sites (tertiary alicyclic amines) is 1. The number of fused-ring (bicyclic) bond motifs is 2. The number of benzene rings is 2. The highest BCUT2D eigenvalue weighted by atomic mass is 32.2. The number of amides is 1. The van der Waals surface area contributed by atoms with Crippen LogP contribution in [-0.4, -0.2) is 44.1 Å². The maximum Gasteiger partial charge on any atom is 0.274 e. The van der Waals surface area contributed by atoms with Gasteiger partial charge in [-0.05, 0) is 42.9 Å². The molecule has 7 heteroatoms. The molecule has 4 aromatic rings. The third-order valence-corrected chi connectivity index (χ3v) is 8.29. The number of thiazole rings is 1. The van der Waals surface area contributed by atoms with Gasteiger partial charge >= 0.3 is 0 Å². The SMILES string of the molecule is Cc1nc(C(=O)N2C[C@H]3C[C@H]3[C@H]2CSc2nc3ccccc3[nH]2)c(-c2ccccc2)s1. The number of hydrogen-bond acceptors (Lipinski definition) is 5. The third-order valence-electron chi connectivity index (χ3n) is 6.30. The van der Waals surface area contributed by atoms with E-state index in [-0.39, 0.29) is 11.9 Å². The molecule has 1 saturated heterocycles. The van der Waals surface area contributed by atoms with Crippen molar-refractivity contribution in [3.8, 4) is 10.4 Å². The molecule has 2 aliphatic rings. The Bertz CT molecular complexity index is 1230. The zero-order chi connectivity index (χ0) is 20.9. The van der Waals surface area contributed by atoms with E-state index in [0.29, 0.717) is 17.5 Å². The predicted octanol–water partition coefficient (Wildman–Crippen LogP) is 5.25. The minimum Gasteiger partial charge on any atom is -0.333 e. The number of carbonyl (C=O) groups is 1. The van der Waals surface area contributed by atoms with Gasteiger partial charge in [0.2, 0.25) is 0 Å². The first-order chi connectivity index (χ1) is 15.2. The first-order valence-electron chi connectivity index (χ1n) is 10.6. The molecular formula is C24H22N4OS2. The van der Waals surface area contributed by atoms with E-state index in [9.17, 15) is 4.79 Å². The van der Waals surface area contributed by atoms with Crippen LogP contribution in [0.2, 0.25) is 0 Å². The van der Waals surface area contributed by atoms with Gasteiger partial charge in [0.05, 0.1) is 20.9 Å². The maximum absolute atomic E-state index is 13.6. The van der Waals surface area contributed by atoms with Gasteiger partial charge in [-0.15, -0.1) is 11.3 Å². The molecule has 2 fully saturated rings. The van der Waals surface area contributed by atoms with E-state index in [2.05, 4.69) is 27.0 Å². The molecule has 0 radical (unpaired) electrons. The fourth-order valence-electron chi connectivity index (χ4n) is 4.67. The van der Waals surface area contributed by atoms with E-state index in [1.807, 2.05) is 49.4 Å². The molecule has 1 aliphatic heterocycles. The molecule has 0 unspecified atom stereocenters. The zero-order valence-electron chi connectivity index (χ0n) is 17.1. The molecule has 1 saturated carbocycles. The molecule has 3 heterocycles. The second-order valence-electron chi connectivity index (χ2n) is 8.33. The summed E-state index contributed by atoms with van der Waals surface area (Å²) in [5.74, 6) is 2.19. The van der Waals surface area contributed by atoms with Gasteiger partial charge in [0.25, 0.3) is 5.91 Å². The smallest absolute Gasteiger partial charge is 0.274 e. The van der Waals surface area contributed by atoms with E-state index in [1.165, 1.54) is 6.42 Å². The number of nitrogens with one attached hydrogen (secondary N) is 1. The van der Waals surface area contributed by atoms with Crippen LogP contribution >= 0.6 is 23.1 Å². The van der Waals surface area contributed by atoms with Crippen molar-refractivity contribution in [2.24, 2.45) is 11.8 Å². The van der Waals surface area contributed by atoms with Crippen LogP contribution in [0.25, 0.3) is 21.5 Å². The van der Waals surface area contributed by atoms with Crippen molar-refractivity contribution in [3.05, 3.63) is 65.3 Å². The number of aromatic amines is 1. The standard InChI is InChI=1S/C24H22N4OS2/c1-14-25-21(22(31-14)15-7-3-2-4-8-15)23(29)28-12-16-11-17(16)20(28)13-30-24-26-18-9-5-6-10-19(18)27-24/h2-10,16-17,20H,11-13H2,1H3,(H,26,27)/t16-,17-,20-/m1/s1. The van der Waals surface area contributed by atoms with Crippen LogP contribution in [0, 0.1) is 18.8 Å². The van der Waals surface area contributed by atoms with Crippen LogP contribution in [0.1, 0.15) is 21.9 Å². The Morgan fingerprint density at radius 1 is 1.16 bits per heavy atom. The zero-order valence-corrected chi connectivity index (χ0v) is 18.7. The Hall–Kier alpha value is -2.64. The fraction of sp³-hybridized carbons (Fsp3) is 0.292. The molecule has 1 amide bonds. The van der Waals surface area contributed by atoms with E-state index in [4.69, 9.17) is 4.98 Å². The van der Waals surface area contributed by atoms with E-state index in [0.717, 1.165) is 43.9 Å². The number of aryl methyl sites for hydroxylation is 1. The van der Waals surface area contributed by atoms with Crippen molar-refractivity contribution in [2.45, 2.75) is 24.5 Å². The first-order valence-corrected chi connectivity index (χ1v) is 12.4. The van der Waals surface area contributed by atoms with Crippen molar-refractivity contribution in [2.75, 3.05) is 12.3 Å². The lowest BCUT2D eigenvalue weighted by molar-refractivity contribution is 0.0718. The Morgan fingerprint density at radius 2 is 1.97 bits per heavy atom. The summed E-state index contributed by atoms with van der Waals surface area (Å²) in [5, 5.41) is 1.85. The van der Waals surface area contributed by atoms with E-state index < -0.39 is 0 Å². The van der Waals surface area contributed by atoms with Crippen molar-refractivity contribution in [1.29, 1.82) is 0 Å². The third kappa shape index (κ3) is 3.46. The number of carbonyl (C=O) groups excluding carboxylic acids is 1. The second kappa shape index (κ2) is 7.50. The highest BCUT2D eigenvalue weighted by Gasteiger charge is 2.54. The normalized spacial score (nSPS) is 22.1. The molecule has 5 nitrogen and oxygen atoms in total. The molecule has 0 spiro atoms. The highest BCUT2D eigenvalue weighted by molar-refractivity contribution is 7.99. The lowest BCUT2D eigenvalue weighted by atomic mass is 10.1. The van der Waals surface area contributed by atoms with Gasteiger partial charge in [0, 0.05) is 18.3 Å². The van der Waals surface area contributed by atoms with Gasteiger partial charge in [-0.1, -0.05) is 54.2 Å². The molecule has 31 heavy (non-hydrogen) atoms. The van der Waals surface area contributed by atoms with Crippen molar-refractivity contribution < 1.29 is 4.79 Å². The molecular weight excluding hydrogens is 424 g/mol. The van der Waals surface area contributed by atoms with Crippen molar-refractivity contribution >= 4 is 40.0 Å². The lowest BCUT2D eigenvalue weighted by Crippen LogP contribution is -2.40. The summed E-state index contributed by atoms with van der Waals surface area (Å²) < 4.78 is 0. The lowest BCUT2D eigenvalue weighted by Gasteiger charge is -2.27. The summed E-state index contributed by atoms with van der Waals surface area (Å²) in [6, 6.07) is 18.5. The highest BCUT2D eigenvalue weighted by Crippen LogP contribution is 2.51. The molecule has 3 atom stereocenters. The maximum atomic E-state index is 13.6. The monoisotopic (exact) mass is 446 g/mol.